The molecule has 0 aliphatic carbocycles. The molecule has 6 heteroatoms. The molecule has 1 aromatic carbocycles. The number of carboxylic acid groups (broad SMARTS) is 1. The van der Waals surface area contributed by atoms with Crippen molar-refractivity contribution in [3.63, 3.8) is 0 Å². The van der Waals surface area contributed by atoms with Gasteiger partial charge in [-0.25, -0.2) is 14.3 Å². The first-order chi connectivity index (χ1) is 12.0. The molecule has 2 heterocycles. The van der Waals surface area contributed by atoms with Gasteiger partial charge in [-0.2, -0.15) is 5.10 Å². The van der Waals surface area contributed by atoms with Crippen molar-refractivity contribution in [3.8, 4) is 17.0 Å². The van der Waals surface area contributed by atoms with E-state index >= 15 is 0 Å². The van der Waals surface area contributed by atoms with Crippen LogP contribution in [0.5, 0.6) is 5.75 Å². The molecule has 0 fully saturated rings. The number of aromatic carboxylic acids is 1. The average molecular weight is 339 g/mol. The number of carbonyl (C=O) groups is 1. The van der Waals surface area contributed by atoms with Gasteiger partial charge in [0.15, 0.2) is 11.3 Å². The van der Waals surface area contributed by atoms with Crippen LogP contribution < -0.4 is 4.74 Å². The summed E-state index contributed by atoms with van der Waals surface area (Å²) < 4.78 is 7.41. The zero-order chi connectivity index (χ0) is 18.0. The lowest BCUT2D eigenvalue weighted by Gasteiger charge is -2.14. The fourth-order valence-corrected chi connectivity index (χ4v) is 2.78. The maximum Gasteiger partial charge on any atom is 0.356 e. The van der Waals surface area contributed by atoms with Gasteiger partial charge in [-0.1, -0.05) is 13.3 Å². The van der Waals surface area contributed by atoms with Gasteiger partial charge in [-0.05, 0) is 50.6 Å². The summed E-state index contributed by atoms with van der Waals surface area (Å²) in [4.78, 5) is 15.6. The molecule has 0 radical (unpaired) electrons. The predicted octanol–water partition coefficient (Wildman–Crippen LogP) is 3.97. The van der Waals surface area contributed by atoms with Crippen molar-refractivity contribution in [2.24, 2.45) is 0 Å². The van der Waals surface area contributed by atoms with E-state index in [9.17, 15) is 4.79 Å². The number of ether oxygens (including phenoxy) is 1. The van der Waals surface area contributed by atoms with E-state index in [0.29, 0.717) is 5.65 Å². The smallest absolute Gasteiger partial charge is 0.356 e. The maximum absolute atomic E-state index is 11.1. The molecule has 1 unspecified atom stereocenters. The van der Waals surface area contributed by atoms with E-state index in [1.165, 1.54) is 10.6 Å². The third kappa shape index (κ3) is 3.63. The minimum absolute atomic E-state index is 0.0126. The van der Waals surface area contributed by atoms with Gasteiger partial charge < -0.3 is 9.84 Å². The molecule has 2 aromatic heterocycles. The number of aromatic nitrogens is 3. The molecule has 3 rings (SSSR count). The number of hydrogen-bond donors (Lipinski definition) is 1. The number of hydrogen-bond acceptors (Lipinski definition) is 4. The average Bonchev–Trinajstić information content (AvgIpc) is 3.01. The van der Waals surface area contributed by atoms with Gasteiger partial charge in [0, 0.05) is 17.3 Å². The minimum atomic E-state index is -1.06. The van der Waals surface area contributed by atoms with Crippen LogP contribution in [-0.2, 0) is 0 Å². The Labute approximate surface area is 146 Å². The molecular formula is C19H21N3O3. The third-order valence-electron chi connectivity index (χ3n) is 4.01. The summed E-state index contributed by atoms with van der Waals surface area (Å²) in [6, 6.07) is 11.1. The third-order valence-corrected chi connectivity index (χ3v) is 4.01. The zero-order valence-corrected chi connectivity index (χ0v) is 14.6. The van der Waals surface area contributed by atoms with Crippen LogP contribution >= 0.6 is 0 Å². The highest BCUT2D eigenvalue weighted by atomic mass is 16.5. The molecule has 0 saturated heterocycles. The largest absolute Gasteiger partial charge is 0.491 e. The fraction of sp³-hybridized carbons (Fsp3) is 0.316. The molecule has 0 aliphatic rings. The number of aryl methyl sites for hydroxylation is 1. The minimum Gasteiger partial charge on any atom is -0.491 e. The van der Waals surface area contributed by atoms with Crippen LogP contribution in [-0.4, -0.2) is 31.8 Å². The molecule has 3 aromatic rings. The Morgan fingerprint density at radius 2 is 2.00 bits per heavy atom. The highest BCUT2D eigenvalue weighted by Crippen LogP contribution is 2.23. The monoisotopic (exact) mass is 339 g/mol. The number of fused-ring (bicyclic) bond motifs is 1. The van der Waals surface area contributed by atoms with Crippen molar-refractivity contribution in [2.45, 2.75) is 39.7 Å². The lowest BCUT2D eigenvalue weighted by molar-refractivity contribution is 0.0690. The second kappa shape index (κ2) is 6.93. The van der Waals surface area contributed by atoms with E-state index in [1.54, 1.807) is 0 Å². The Morgan fingerprint density at radius 3 is 2.64 bits per heavy atom. The Balaban J connectivity index is 1.89. The van der Waals surface area contributed by atoms with Gasteiger partial charge in [0.1, 0.15) is 5.75 Å². The SMILES string of the molecule is CCCC(C)Oc1ccc(-c2cc(C)n3nc(C(=O)O)cc3n2)cc1. The lowest BCUT2D eigenvalue weighted by Crippen LogP contribution is -2.10. The summed E-state index contributed by atoms with van der Waals surface area (Å²) in [5, 5.41) is 13.1. The number of rotatable bonds is 6. The van der Waals surface area contributed by atoms with Crippen LogP contribution in [0.25, 0.3) is 16.9 Å². The summed E-state index contributed by atoms with van der Waals surface area (Å²) in [5.74, 6) is -0.228. The Morgan fingerprint density at radius 1 is 1.28 bits per heavy atom. The zero-order valence-electron chi connectivity index (χ0n) is 14.6. The van der Waals surface area contributed by atoms with Crippen molar-refractivity contribution < 1.29 is 14.6 Å². The molecule has 0 aliphatic heterocycles. The fourth-order valence-electron chi connectivity index (χ4n) is 2.78. The second-order valence-electron chi connectivity index (χ2n) is 6.13. The topological polar surface area (TPSA) is 76.7 Å². The number of nitrogens with zero attached hydrogens (tertiary/aromatic N) is 3. The van der Waals surface area contributed by atoms with E-state index in [4.69, 9.17) is 9.84 Å². The summed E-state index contributed by atoms with van der Waals surface area (Å²) in [6.45, 7) is 6.08. The summed E-state index contributed by atoms with van der Waals surface area (Å²) in [5.41, 5.74) is 3.05. The van der Waals surface area contributed by atoms with E-state index in [-0.39, 0.29) is 11.8 Å². The van der Waals surface area contributed by atoms with Gasteiger partial charge in [0.25, 0.3) is 0 Å². The molecular weight excluding hydrogens is 318 g/mol. The standard InChI is InChI=1S/C19H21N3O3/c1-4-5-13(3)25-15-8-6-14(7-9-15)16-10-12(2)22-18(20-16)11-17(21-22)19(23)24/h6-11,13H,4-5H2,1-3H3,(H,23,24). The lowest BCUT2D eigenvalue weighted by atomic mass is 10.1. The molecule has 1 atom stereocenters. The van der Waals surface area contributed by atoms with Crippen molar-refractivity contribution in [1.29, 1.82) is 0 Å². The summed E-state index contributed by atoms with van der Waals surface area (Å²) >= 11 is 0. The Hall–Kier alpha value is -2.89. The van der Waals surface area contributed by atoms with Gasteiger partial charge in [0.05, 0.1) is 11.8 Å². The molecule has 0 amide bonds. The molecule has 0 bridgehead atoms. The Bertz CT molecular complexity index is 900. The van der Waals surface area contributed by atoms with Crippen molar-refractivity contribution in [1.82, 2.24) is 14.6 Å². The summed E-state index contributed by atoms with van der Waals surface area (Å²) in [6.07, 6.45) is 2.30. The highest BCUT2D eigenvalue weighted by molar-refractivity contribution is 5.86. The van der Waals surface area contributed by atoms with E-state index < -0.39 is 5.97 Å². The van der Waals surface area contributed by atoms with Crippen LogP contribution in [0.2, 0.25) is 0 Å². The quantitative estimate of drug-likeness (QED) is 0.735. The molecule has 1 N–H and O–H groups in total. The molecule has 0 spiro atoms. The van der Waals surface area contributed by atoms with Crippen LogP contribution in [0, 0.1) is 6.92 Å². The van der Waals surface area contributed by atoms with Crippen LogP contribution in [0.15, 0.2) is 36.4 Å². The van der Waals surface area contributed by atoms with Crippen molar-refractivity contribution in [3.05, 3.63) is 47.8 Å². The first-order valence-corrected chi connectivity index (χ1v) is 8.35. The Kier molecular flexibility index (Phi) is 4.70. The van der Waals surface area contributed by atoms with Crippen molar-refractivity contribution in [2.75, 3.05) is 0 Å². The number of carboxylic acids is 1. The van der Waals surface area contributed by atoms with Crippen molar-refractivity contribution >= 4 is 11.6 Å². The highest BCUT2D eigenvalue weighted by Gasteiger charge is 2.13. The normalized spacial score (nSPS) is 12.3. The first kappa shape index (κ1) is 17.0. The van der Waals surface area contributed by atoms with E-state index in [1.807, 2.05) is 37.3 Å². The predicted molar refractivity (Wildman–Crippen MR) is 95.1 cm³/mol. The van der Waals surface area contributed by atoms with Gasteiger partial charge in [-0.3, -0.25) is 0 Å². The molecule has 25 heavy (non-hydrogen) atoms. The number of benzene rings is 1. The first-order valence-electron chi connectivity index (χ1n) is 8.35. The van der Waals surface area contributed by atoms with Crippen LogP contribution in [0.4, 0.5) is 0 Å². The van der Waals surface area contributed by atoms with E-state index in [0.717, 1.165) is 35.5 Å². The van der Waals surface area contributed by atoms with Gasteiger partial charge in [-0.15, -0.1) is 0 Å². The molecule has 130 valence electrons. The van der Waals surface area contributed by atoms with Gasteiger partial charge in [0.2, 0.25) is 0 Å². The van der Waals surface area contributed by atoms with Crippen LogP contribution in [0.3, 0.4) is 0 Å². The van der Waals surface area contributed by atoms with Gasteiger partial charge >= 0.3 is 5.97 Å². The second-order valence-corrected chi connectivity index (χ2v) is 6.13. The summed E-state index contributed by atoms with van der Waals surface area (Å²) in [7, 11) is 0. The van der Waals surface area contributed by atoms with Crippen LogP contribution in [0.1, 0.15) is 42.9 Å². The maximum atomic E-state index is 11.1. The van der Waals surface area contributed by atoms with E-state index in [2.05, 4.69) is 23.9 Å². The molecule has 6 nitrogen and oxygen atoms in total. The molecule has 0 saturated carbocycles.